The quantitative estimate of drug-likeness (QED) is 0.461. The van der Waals surface area contributed by atoms with Gasteiger partial charge in [0.05, 0.1) is 11.9 Å². The topological polar surface area (TPSA) is 67.7 Å². The zero-order valence-electron chi connectivity index (χ0n) is 18.0. The number of nitrogens with one attached hydrogen (secondary N) is 2. The summed E-state index contributed by atoms with van der Waals surface area (Å²) in [6.07, 6.45) is 15.8. The molecule has 0 atom stereocenters. The Balaban J connectivity index is 1.55. The van der Waals surface area contributed by atoms with E-state index < -0.39 is 0 Å². The molecule has 3 rings (SSSR count). The highest BCUT2D eigenvalue weighted by Crippen LogP contribution is 2.20. The second kappa shape index (κ2) is 10.7. The Kier molecular flexibility index (Phi) is 7.54. The lowest BCUT2D eigenvalue weighted by Gasteiger charge is -2.11. The van der Waals surface area contributed by atoms with Gasteiger partial charge in [-0.05, 0) is 23.6 Å². The molecule has 0 aliphatic heterocycles. The van der Waals surface area contributed by atoms with Crippen LogP contribution in [0.25, 0.3) is 11.1 Å². The number of nitrogens with zero attached hydrogens (tertiary/aromatic N) is 4. The summed E-state index contributed by atoms with van der Waals surface area (Å²) in [5.41, 5.74) is 6.26. The van der Waals surface area contributed by atoms with Crippen molar-refractivity contribution in [3.05, 3.63) is 103 Å². The third-order valence-corrected chi connectivity index (χ3v) is 4.68. The van der Waals surface area contributed by atoms with E-state index >= 15 is 0 Å². The third-order valence-electron chi connectivity index (χ3n) is 4.68. The number of rotatable bonds is 10. The fourth-order valence-electron chi connectivity index (χ4n) is 2.96. The first-order valence-electron chi connectivity index (χ1n) is 10.1. The number of benzene rings is 1. The number of hydrogen-bond acceptors (Lipinski definition) is 5. The van der Waals surface area contributed by atoms with E-state index in [9.17, 15) is 0 Å². The van der Waals surface area contributed by atoms with Gasteiger partial charge in [-0.3, -0.25) is 4.68 Å². The molecule has 2 heterocycles. The first-order chi connectivity index (χ1) is 15.1. The van der Waals surface area contributed by atoms with Crippen LogP contribution in [0.3, 0.4) is 0 Å². The summed E-state index contributed by atoms with van der Waals surface area (Å²) in [4.78, 5) is 8.80. The van der Waals surface area contributed by atoms with Gasteiger partial charge in [0, 0.05) is 49.9 Å². The summed E-state index contributed by atoms with van der Waals surface area (Å²) in [5, 5.41) is 10.6. The number of aromatic nitrogens is 4. The molecule has 2 N–H and O–H groups in total. The molecule has 6 heteroatoms. The Labute approximate surface area is 183 Å². The van der Waals surface area contributed by atoms with Crippen molar-refractivity contribution in [1.29, 1.82) is 0 Å². The van der Waals surface area contributed by atoms with E-state index in [2.05, 4.69) is 69.2 Å². The summed E-state index contributed by atoms with van der Waals surface area (Å²) in [6, 6.07) is 8.38. The van der Waals surface area contributed by atoms with Gasteiger partial charge >= 0.3 is 0 Å². The largest absolute Gasteiger partial charge is 0.384 e. The minimum Gasteiger partial charge on any atom is -0.384 e. The molecule has 2 aromatic heterocycles. The fraction of sp³-hybridized carbons (Fsp3) is 0.160. The van der Waals surface area contributed by atoms with Crippen molar-refractivity contribution in [2.24, 2.45) is 7.05 Å². The zero-order valence-corrected chi connectivity index (χ0v) is 18.0. The van der Waals surface area contributed by atoms with Crippen LogP contribution < -0.4 is 10.6 Å². The molecule has 0 radical (unpaired) electrons. The molecule has 0 bridgehead atoms. The summed E-state index contributed by atoms with van der Waals surface area (Å²) in [7, 11) is 1.87. The van der Waals surface area contributed by atoms with Gasteiger partial charge < -0.3 is 10.6 Å². The van der Waals surface area contributed by atoms with Crippen molar-refractivity contribution in [2.45, 2.75) is 13.3 Å². The van der Waals surface area contributed by atoms with Crippen LogP contribution in [0.4, 0.5) is 11.6 Å². The maximum atomic E-state index is 4.40. The van der Waals surface area contributed by atoms with Gasteiger partial charge in [-0.25, -0.2) is 9.97 Å². The van der Waals surface area contributed by atoms with E-state index in [-0.39, 0.29) is 0 Å². The zero-order chi connectivity index (χ0) is 22.1. The molecule has 0 unspecified atom stereocenters. The normalized spacial score (nSPS) is 11.5. The van der Waals surface area contributed by atoms with Crippen molar-refractivity contribution in [1.82, 2.24) is 25.1 Å². The fourth-order valence-corrected chi connectivity index (χ4v) is 2.96. The summed E-state index contributed by atoms with van der Waals surface area (Å²) >= 11 is 0. The van der Waals surface area contributed by atoms with Gasteiger partial charge in [-0.1, -0.05) is 61.7 Å². The van der Waals surface area contributed by atoms with Crippen LogP contribution in [0.5, 0.6) is 0 Å². The molecular weight excluding hydrogens is 384 g/mol. The van der Waals surface area contributed by atoms with Crippen LogP contribution in [-0.2, 0) is 13.5 Å². The highest BCUT2D eigenvalue weighted by molar-refractivity contribution is 5.63. The molecule has 6 nitrogen and oxygen atoms in total. The maximum Gasteiger partial charge on any atom is 0.227 e. The van der Waals surface area contributed by atoms with Crippen molar-refractivity contribution in [2.75, 3.05) is 11.9 Å². The van der Waals surface area contributed by atoms with Gasteiger partial charge in [0.15, 0.2) is 0 Å². The Bertz CT molecular complexity index is 1070. The molecule has 0 saturated carbocycles. The minimum absolute atomic E-state index is 0.541. The predicted octanol–water partition coefficient (Wildman–Crippen LogP) is 4.96. The summed E-state index contributed by atoms with van der Waals surface area (Å²) < 4.78 is 1.72. The molecule has 0 fully saturated rings. The standard InChI is InChI=1S/C25H28N6/c1-5-7-8-20(6-2)14-26-19(3)13-21-9-11-22(12-10-21)23-15-27-25(28-16-23)30-24-17-29-31(4)18-24/h5-12,15-18,26H,1,3,13-14H2,2,4H3,(H,27,28,30)/b8-7-,20-6+. The maximum absolute atomic E-state index is 4.40. The Hall–Kier alpha value is -3.93. The first kappa shape index (κ1) is 21.8. The van der Waals surface area contributed by atoms with E-state index in [1.54, 1.807) is 17.0 Å². The number of hydrogen-bond donors (Lipinski definition) is 2. The minimum atomic E-state index is 0.541. The van der Waals surface area contributed by atoms with E-state index in [1.807, 2.05) is 44.7 Å². The number of anilines is 2. The van der Waals surface area contributed by atoms with E-state index in [0.29, 0.717) is 5.95 Å². The van der Waals surface area contributed by atoms with Gasteiger partial charge in [-0.15, -0.1) is 0 Å². The Morgan fingerprint density at radius 2 is 1.84 bits per heavy atom. The molecule has 1 aromatic carbocycles. The second-order valence-corrected chi connectivity index (χ2v) is 7.11. The molecule has 0 aliphatic carbocycles. The van der Waals surface area contributed by atoms with Gasteiger partial charge in [0.2, 0.25) is 5.95 Å². The molecule has 0 amide bonds. The predicted molar refractivity (Wildman–Crippen MR) is 128 cm³/mol. The van der Waals surface area contributed by atoms with E-state index in [4.69, 9.17) is 0 Å². The molecule has 0 spiro atoms. The van der Waals surface area contributed by atoms with Crippen LogP contribution >= 0.6 is 0 Å². The number of aryl methyl sites for hydroxylation is 1. The SMILES string of the molecule is C=C/C=C\C(=C/C)CNC(=C)Cc1ccc(-c2cnc(Nc3cnn(C)c3)nc2)cc1. The molecular formula is C25H28N6. The average Bonchev–Trinajstić information content (AvgIpc) is 3.19. The molecule has 0 saturated heterocycles. The van der Waals surface area contributed by atoms with Crippen molar-refractivity contribution in [3.63, 3.8) is 0 Å². The molecule has 158 valence electrons. The summed E-state index contributed by atoms with van der Waals surface area (Å²) in [6.45, 7) is 10.6. The van der Waals surface area contributed by atoms with Crippen LogP contribution in [0.2, 0.25) is 0 Å². The second-order valence-electron chi connectivity index (χ2n) is 7.11. The van der Waals surface area contributed by atoms with Gasteiger partial charge in [0.1, 0.15) is 0 Å². The lowest BCUT2D eigenvalue weighted by molar-refractivity contribution is 0.768. The monoisotopic (exact) mass is 412 g/mol. The van der Waals surface area contributed by atoms with Crippen molar-refractivity contribution >= 4 is 11.6 Å². The van der Waals surface area contributed by atoms with Crippen LogP contribution in [0.15, 0.2) is 97.8 Å². The highest BCUT2D eigenvalue weighted by Gasteiger charge is 2.04. The highest BCUT2D eigenvalue weighted by atomic mass is 15.3. The van der Waals surface area contributed by atoms with Crippen LogP contribution in [-0.4, -0.2) is 26.3 Å². The summed E-state index contributed by atoms with van der Waals surface area (Å²) in [5.74, 6) is 0.541. The van der Waals surface area contributed by atoms with Crippen molar-refractivity contribution in [3.8, 4) is 11.1 Å². The Morgan fingerprint density at radius 1 is 1.10 bits per heavy atom. The molecule has 31 heavy (non-hydrogen) atoms. The van der Waals surface area contributed by atoms with E-state index in [1.165, 1.54) is 11.1 Å². The first-order valence-corrected chi connectivity index (χ1v) is 10.1. The smallest absolute Gasteiger partial charge is 0.227 e. The average molecular weight is 413 g/mol. The molecule has 0 aliphatic rings. The lowest BCUT2D eigenvalue weighted by Crippen LogP contribution is -2.16. The van der Waals surface area contributed by atoms with Crippen molar-refractivity contribution < 1.29 is 0 Å². The van der Waals surface area contributed by atoms with Crippen LogP contribution in [0, 0.1) is 0 Å². The third kappa shape index (κ3) is 6.54. The molecule has 3 aromatic rings. The van der Waals surface area contributed by atoms with E-state index in [0.717, 1.165) is 35.5 Å². The number of allylic oxidation sites excluding steroid dienone is 4. The van der Waals surface area contributed by atoms with Gasteiger partial charge in [0.25, 0.3) is 0 Å². The van der Waals surface area contributed by atoms with Crippen LogP contribution in [0.1, 0.15) is 12.5 Å². The Morgan fingerprint density at radius 3 is 2.45 bits per heavy atom. The van der Waals surface area contributed by atoms with Gasteiger partial charge in [-0.2, -0.15) is 5.10 Å². The lowest BCUT2D eigenvalue weighted by atomic mass is 10.0.